The van der Waals surface area contributed by atoms with Gasteiger partial charge in [0.15, 0.2) is 9.84 Å². The number of sulfone groups is 1. The van der Waals surface area contributed by atoms with E-state index in [1.54, 1.807) is 31.2 Å². The van der Waals surface area contributed by atoms with Crippen molar-refractivity contribution in [3.63, 3.8) is 0 Å². The minimum absolute atomic E-state index is 0.124. The predicted molar refractivity (Wildman–Crippen MR) is 78.1 cm³/mol. The SMILES string of the molecule is CCS(=O)(=O)c1ccc(NCCCC(C)CO)cc1. The second-order valence-corrected chi connectivity index (χ2v) is 7.06. The molecule has 0 saturated carbocycles. The Morgan fingerprint density at radius 2 is 1.89 bits per heavy atom. The van der Waals surface area contributed by atoms with Crippen LogP contribution in [-0.4, -0.2) is 32.4 Å². The highest BCUT2D eigenvalue weighted by molar-refractivity contribution is 7.91. The summed E-state index contributed by atoms with van der Waals surface area (Å²) < 4.78 is 23.3. The van der Waals surface area contributed by atoms with Crippen molar-refractivity contribution in [1.82, 2.24) is 0 Å². The molecule has 0 spiro atoms. The van der Waals surface area contributed by atoms with E-state index in [0.717, 1.165) is 25.1 Å². The Morgan fingerprint density at radius 1 is 1.26 bits per heavy atom. The Hall–Kier alpha value is -1.07. The maximum Gasteiger partial charge on any atom is 0.178 e. The fourth-order valence-corrected chi connectivity index (χ4v) is 2.61. The predicted octanol–water partition coefficient (Wildman–Crippen LogP) is 2.30. The number of hydrogen-bond acceptors (Lipinski definition) is 4. The van der Waals surface area contributed by atoms with Gasteiger partial charge in [-0.15, -0.1) is 0 Å². The topological polar surface area (TPSA) is 66.4 Å². The average Bonchev–Trinajstić information content (AvgIpc) is 2.43. The first-order valence-electron chi connectivity index (χ1n) is 6.67. The van der Waals surface area contributed by atoms with E-state index in [1.807, 2.05) is 6.92 Å². The molecule has 1 aromatic carbocycles. The molecule has 1 rings (SSSR count). The largest absolute Gasteiger partial charge is 0.396 e. The van der Waals surface area contributed by atoms with Crippen LogP contribution in [-0.2, 0) is 9.84 Å². The van der Waals surface area contributed by atoms with Crippen molar-refractivity contribution in [2.45, 2.75) is 31.6 Å². The summed E-state index contributed by atoms with van der Waals surface area (Å²) in [5.74, 6) is 0.456. The summed E-state index contributed by atoms with van der Waals surface area (Å²) in [4.78, 5) is 0.370. The molecular weight excluding hydrogens is 262 g/mol. The highest BCUT2D eigenvalue weighted by Gasteiger charge is 2.10. The van der Waals surface area contributed by atoms with Gasteiger partial charge in [0.1, 0.15) is 0 Å². The fraction of sp³-hybridized carbons (Fsp3) is 0.571. The number of rotatable bonds is 8. The fourth-order valence-electron chi connectivity index (χ4n) is 1.72. The lowest BCUT2D eigenvalue weighted by atomic mass is 10.1. The van der Waals surface area contributed by atoms with Crippen LogP contribution in [0.15, 0.2) is 29.2 Å². The number of anilines is 1. The summed E-state index contributed by atoms with van der Waals surface area (Å²) in [7, 11) is -3.11. The molecule has 1 unspecified atom stereocenters. The van der Waals surface area contributed by atoms with E-state index in [-0.39, 0.29) is 12.4 Å². The van der Waals surface area contributed by atoms with Gasteiger partial charge >= 0.3 is 0 Å². The molecule has 0 amide bonds. The molecule has 0 radical (unpaired) electrons. The molecule has 4 nitrogen and oxygen atoms in total. The third kappa shape index (κ3) is 5.20. The van der Waals surface area contributed by atoms with Crippen LogP contribution in [0.3, 0.4) is 0 Å². The van der Waals surface area contributed by atoms with E-state index in [4.69, 9.17) is 5.11 Å². The van der Waals surface area contributed by atoms with Gasteiger partial charge < -0.3 is 10.4 Å². The van der Waals surface area contributed by atoms with Crippen molar-refractivity contribution in [1.29, 1.82) is 0 Å². The molecule has 19 heavy (non-hydrogen) atoms. The Kier molecular flexibility index (Phi) is 6.31. The van der Waals surface area contributed by atoms with E-state index < -0.39 is 9.84 Å². The molecule has 0 fully saturated rings. The molecule has 0 aliphatic heterocycles. The average molecular weight is 285 g/mol. The van der Waals surface area contributed by atoms with E-state index in [0.29, 0.717) is 10.8 Å². The van der Waals surface area contributed by atoms with Crippen LogP contribution in [0.2, 0.25) is 0 Å². The number of nitrogens with one attached hydrogen (secondary N) is 1. The van der Waals surface area contributed by atoms with Crippen molar-refractivity contribution in [3.05, 3.63) is 24.3 Å². The molecule has 5 heteroatoms. The van der Waals surface area contributed by atoms with Crippen molar-refractivity contribution in [3.8, 4) is 0 Å². The van der Waals surface area contributed by atoms with Gasteiger partial charge in [-0.1, -0.05) is 13.8 Å². The highest BCUT2D eigenvalue weighted by atomic mass is 32.2. The van der Waals surface area contributed by atoms with Crippen LogP contribution < -0.4 is 5.32 Å². The summed E-state index contributed by atoms with van der Waals surface area (Å²) in [6, 6.07) is 6.85. The van der Waals surface area contributed by atoms with E-state index in [2.05, 4.69) is 5.32 Å². The first-order chi connectivity index (χ1) is 8.99. The summed E-state index contributed by atoms with van der Waals surface area (Å²) in [5.41, 5.74) is 0.923. The Balaban J connectivity index is 2.45. The lowest BCUT2D eigenvalue weighted by molar-refractivity contribution is 0.229. The molecule has 1 aromatic rings. The summed E-state index contributed by atoms with van der Waals surface area (Å²) in [6.07, 6.45) is 1.96. The minimum atomic E-state index is -3.11. The molecular formula is C14H23NO3S. The zero-order chi connectivity index (χ0) is 14.3. The minimum Gasteiger partial charge on any atom is -0.396 e. The van der Waals surface area contributed by atoms with Gasteiger partial charge in [-0.2, -0.15) is 0 Å². The normalized spacial score (nSPS) is 13.2. The van der Waals surface area contributed by atoms with Gasteiger partial charge in [0, 0.05) is 18.8 Å². The second-order valence-electron chi connectivity index (χ2n) is 4.78. The van der Waals surface area contributed by atoms with Crippen LogP contribution in [0.5, 0.6) is 0 Å². The van der Waals surface area contributed by atoms with Gasteiger partial charge in [-0.3, -0.25) is 0 Å². The molecule has 0 aliphatic rings. The summed E-state index contributed by atoms with van der Waals surface area (Å²) in [6.45, 7) is 4.71. The number of aliphatic hydroxyl groups excluding tert-OH is 1. The summed E-state index contributed by atoms with van der Waals surface area (Å²) in [5, 5.41) is 12.1. The first-order valence-corrected chi connectivity index (χ1v) is 8.32. The maximum atomic E-state index is 11.6. The Bertz CT molecular complexity index is 468. The van der Waals surface area contributed by atoms with Crippen molar-refractivity contribution >= 4 is 15.5 Å². The van der Waals surface area contributed by atoms with Gasteiger partial charge in [0.05, 0.1) is 10.6 Å². The lowest BCUT2D eigenvalue weighted by Crippen LogP contribution is -2.07. The smallest absolute Gasteiger partial charge is 0.178 e. The van der Waals surface area contributed by atoms with E-state index >= 15 is 0 Å². The zero-order valence-corrected chi connectivity index (χ0v) is 12.4. The monoisotopic (exact) mass is 285 g/mol. The molecule has 0 aliphatic carbocycles. The van der Waals surface area contributed by atoms with E-state index in [1.165, 1.54) is 0 Å². The molecule has 2 N–H and O–H groups in total. The Morgan fingerprint density at radius 3 is 2.42 bits per heavy atom. The van der Waals surface area contributed by atoms with Crippen molar-refractivity contribution < 1.29 is 13.5 Å². The number of benzene rings is 1. The zero-order valence-electron chi connectivity index (χ0n) is 11.6. The second kappa shape index (κ2) is 7.50. The van der Waals surface area contributed by atoms with Gasteiger partial charge in [-0.25, -0.2) is 8.42 Å². The Labute approximate surface area is 115 Å². The van der Waals surface area contributed by atoms with Gasteiger partial charge in [0.25, 0.3) is 0 Å². The molecule has 0 heterocycles. The molecule has 1 atom stereocenters. The van der Waals surface area contributed by atoms with Crippen LogP contribution in [0.4, 0.5) is 5.69 Å². The van der Waals surface area contributed by atoms with Gasteiger partial charge in [0.2, 0.25) is 0 Å². The highest BCUT2D eigenvalue weighted by Crippen LogP contribution is 2.15. The van der Waals surface area contributed by atoms with Crippen molar-refractivity contribution in [2.24, 2.45) is 5.92 Å². The van der Waals surface area contributed by atoms with Crippen LogP contribution in [0.25, 0.3) is 0 Å². The third-order valence-corrected chi connectivity index (χ3v) is 4.86. The van der Waals surface area contributed by atoms with E-state index in [9.17, 15) is 8.42 Å². The third-order valence-electron chi connectivity index (χ3n) is 3.11. The maximum absolute atomic E-state index is 11.6. The van der Waals surface area contributed by atoms with Crippen molar-refractivity contribution in [2.75, 3.05) is 24.2 Å². The first kappa shape index (κ1) is 16.0. The van der Waals surface area contributed by atoms with Gasteiger partial charge in [-0.05, 0) is 43.0 Å². The molecule has 0 aromatic heterocycles. The standard InChI is InChI=1S/C14H23NO3S/c1-3-19(17,18)14-8-6-13(7-9-14)15-10-4-5-12(2)11-16/h6-9,12,15-16H,3-5,10-11H2,1-2H3. The number of aliphatic hydroxyl groups is 1. The van der Waals surface area contributed by atoms with Crippen LogP contribution in [0.1, 0.15) is 26.7 Å². The molecule has 0 bridgehead atoms. The summed E-state index contributed by atoms with van der Waals surface area (Å²) >= 11 is 0. The lowest BCUT2D eigenvalue weighted by Gasteiger charge is -2.10. The molecule has 0 saturated heterocycles. The number of hydrogen-bond donors (Lipinski definition) is 2. The molecule has 108 valence electrons. The van der Waals surface area contributed by atoms with Crippen LogP contribution >= 0.6 is 0 Å². The quantitative estimate of drug-likeness (QED) is 0.719. The van der Waals surface area contributed by atoms with Crippen LogP contribution in [0, 0.1) is 5.92 Å².